The van der Waals surface area contributed by atoms with Crippen LogP contribution in [0.3, 0.4) is 0 Å². The minimum atomic E-state index is -1.99. The molecular formula is C18H16ClFN2O7. The van der Waals surface area contributed by atoms with E-state index in [1.54, 1.807) is 18.2 Å². The van der Waals surface area contributed by atoms with Gasteiger partial charge in [-0.3, -0.25) is 19.1 Å². The summed E-state index contributed by atoms with van der Waals surface area (Å²) in [6, 6.07) is 8.07. The number of halogens is 2. The number of aromatic amines is 1. The molecule has 0 amide bonds. The number of benzene rings is 1. The van der Waals surface area contributed by atoms with E-state index in [9.17, 15) is 23.6 Å². The molecule has 0 unspecified atom stereocenters. The number of nitrogens with zero attached hydrogens (tertiary/aromatic N) is 1. The van der Waals surface area contributed by atoms with Crippen molar-refractivity contribution in [1.82, 2.24) is 9.55 Å². The van der Waals surface area contributed by atoms with Gasteiger partial charge >= 0.3 is 17.6 Å². The molecule has 0 radical (unpaired) electrons. The third-order valence-electron chi connectivity index (χ3n) is 4.16. The highest BCUT2D eigenvalue weighted by Crippen LogP contribution is 2.33. The molecular weight excluding hydrogens is 411 g/mol. The number of hydrogen-bond acceptors (Lipinski definition) is 7. The maximum Gasteiger partial charge on any atom is 0.338 e. The van der Waals surface area contributed by atoms with Gasteiger partial charge in [0.2, 0.25) is 0 Å². The van der Waals surface area contributed by atoms with Gasteiger partial charge in [0.15, 0.2) is 18.5 Å². The van der Waals surface area contributed by atoms with Crippen molar-refractivity contribution in [3.8, 4) is 0 Å². The van der Waals surface area contributed by atoms with Gasteiger partial charge in [-0.2, -0.15) is 0 Å². The first kappa shape index (κ1) is 20.7. The molecule has 9 nitrogen and oxygen atoms in total. The summed E-state index contributed by atoms with van der Waals surface area (Å²) in [6.07, 6.45) is -5.26. The molecule has 2 heterocycles. The molecule has 0 bridgehead atoms. The molecule has 0 saturated carbocycles. The molecule has 29 heavy (non-hydrogen) atoms. The lowest BCUT2D eigenvalue weighted by Crippen LogP contribution is -2.38. The third-order valence-corrected chi connectivity index (χ3v) is 4.42. The number of carbonyl (C=O) groups is 2. The summed E-state index contributed by atoms with van der Waals surface area (Å²) in [5.41, 5.74) is -1.53. The Labute approximate surface area is 168 Å². The second kappa shape index (κ2) is 8.58. The van der Waals surface area contributed by atoms with Crippen LogP contribution in [0.15, 0.2) is 46.1 Å². The van der Waals surface area contributed by atoms with Crippen LogP contribution < -0.4 is 11.2 Å². The first-order valence-corrected chi connectivity index (χ1v) is 8.85. The fourth-order valence-electron chi connectivity index (χ4n) is 2.85. The van der Waals surface area contributed by atoms with Gasteiger partial charge in [0.05, 0.1) is 5.56 Å². The Morgan fingerprint density at radius 1 is 1.28 bits per heavy atom. The molecule has 1 aromatic heterocycles. The molecule has 1 aromatic carbocycles. The van der Waals surface area contributed by atoms with E-state index >= 15 is 0 Å². The Bertz CT molecular complexity index is 1020. The van der Waals surface area contributed by atoms with E-state index in [4.69, 9.17) is 25.8 Å². The van der Waals surface area contributed by atoms with Crippen molar-refractivity contribution in [3.63, 3.8) is 0 Å². The van der Waals surface area contributed by atoms with E-state index in [1.807, 2.05) is 4.98 Å². The number of esters is 2. The second-order valence-corrected chi connectivity index (χ2v) is 6.60. The maximum atomic E-state index is 15.0. The van der Waals surface area contributed by atoms with E-state index in [1.165, 1.54) is 12.1 Å². The van der Waals surface area contributed by atoms with Crippen LogP contribution in [0.2, 0.25) is 5.02 Å². The topological polar surface area (TPSA) is 117 Å². The Morgan fingerprint density at radius 3 is 2.62 bits per heavy atom. The zero-order chi connectivity index (χ0) is 21.1. The van der Waals surface area contributed by atoms with Crippen molar-refractivity contribution in [2.24, 2.45) is 0 Å². The minimum absolute atomic E-state index is 0.270. The number of H-pyrrole nitrogens is 1. The maximum absolute atomic E-state index is 15.0. The second-order valence-electron chi connectivity index (χ2n) is 6.19. The van der Waals surface area contributed by atoms with Gasteiger partial charge in [0.1, 0.15) is 17.7 Å². The Kier molecular flexibility index (Phi) is 6.14. The van der Waals surface area contributed by atoms with Gasteiger partial charge in [-0.1, -0.05) is 29.8 Å². The van der Waals surface area contributed by atoms with E-state index in [2.05, 4.69) is 0 Å². The quantitative estimate of drug-likeness (QED) is 0.714. The summed E-state index contributed by atoms with van der Waals surface area (Å²) >= 11 is 5.70. The highest BCUT2D eigenvalue weighted by Gasteiger charge is 2.49. The molecule has 11 heteroatoms. The SMILES string of the molecule is CC(=O)O[C@H]1[C@H](F)[C@H](n2cc(Cl)c(=O)[nH]c2=O)O[C@@H]1COC(=O)c1ccccc1. The zero-order valence-corrected chi connectivity index (χ0v) is 15.8. The smallest absolute Gasteiger partial charge is 0.338 e. The van der Waals surface area contributed by atoms with Crippen molar-refractivity contribution in [2.75, 3.05) is 6.61 Å². The summed E-state index contributed by atoms with van der Waals surface area (Å²) in [5.74, 6) is -1.47. The van der Waals surface area contributed by atoms with E-state index < -0.39 is 54.4 Å². The lowest BCUT2D eigenvalue weighted by Gasteiger charge is -2.18. The van der Waals surface area contributed by atoms with Crippen molar-refractivity contribution >= 4 is 23.5 Å². The molecule has 0 aliphatic carbocycles. The van der Waals surface area contributed by atoms with E-state index in [0.717, 1.165) is 17.7 Å². The fraction of sp³-hybridized carbons (Fsp3) is 0.333. The number of ether oxygens (including phenoxy) is 3. The van der Waals surface area contributed by atoms with Crippen LogP contribution in [-0.4, -0.2) is 46.5 Å². The first-order chi connectivity index (χ1) is 13.8. The minimum Gasteiger partial charge on any atom is -0.459 e. The lowest BCUT2D eigenvalue weighted by molar-refractivity contribution is -0.152. The molecule has 4 atom stereocenters. The first-order valence-electron chi connectivity index (χ1n) is 8.48. The van der Waals surface area contributed by atoms with E-state index in [0.29, 0.717) is 0 Å². The molecule has 2 aromatic rings. The predicted molar refractivity (Wildman–Crippen MR) is 97.4 cm³/mol. The highest BCUT2D eigenvalue weighted by atomic mass is 35.5. The Morgan fingerprint density at radius 2 is 1.97 bits per heavy atom. The number of carbonyl (C=O) groups excluding carboxylic acids is 2. The number of hydrogen-bond donors (Lipinski definition) is 1. The monoisotopic (exact) mass is 426 g/mol. The average molecular weight is 427 g/mol. The highest BCUT2D eigenvalue weighted by molar-refractivity contribution is 6.30. The molecule has 1 N–H and O–H groups in total. The molecule has 1 fully saturated rings. The summed E-state index contributed by atoms with van der Waals surface area (Å²) in [7, 11) is 0. The van der Waals surface area contributed by atoms with Crippen LogP contribution >= 0.6 is 11.6 Å². The van der Waals surface area contributed by atoms with Crippen LogP contribution in [0.4, 0.5) is 4.39 Å². The molecule has 1 aliphatic rings. The molecule has 0 spiro atoms. The van der Waals surface area contributed by atoms with Crippen molar-refractivity contribution < 1.29 is 28.2 Å². The van der Waals surface area contributed by atoms with Crippen LogP contribution in [0.5, 0.6) is 0 Å². The Hall–Kier alpha value is -2.98. The van der Waals surface area contributed by atoms with Crippen molar-refractivity contribution in [1.29, 1.82) is 0 Å². The predicted octanol–water partition coefficient (Wildman–Crippen LogP) is 1.21. The van der Waals surface area contributed by atoms with Crippen molar-refractivity contribution in [3.05, 3.63) is 68.0 Å². The fourth-order valence-corrected chi connectivity index (χ4v) is 3.00. The van der Waals surface area contributed by atoms with Crippen molar-refractivity contribution in [2.45, 2.75) is 31.5 Å². The molecule has 154 valence electrons. The number of aromatic nitrogens is 2. The standard InChI is InChI=1S/C18H16ClFN2O7/c1-9(23)28-14-12(8-27-17(25)10-5-3-2-4-6-10)29-16(13(14)20)22-7-11(19)15(24)21-18(22)26/h2-7,12-14,16H,8H2,1H3,(H,21,24,26)/t12-,13+,14-,16-/m1/s1. The van der Waals surface area contributed by atoms with E-state index in [-0.39, 0.29) is 10.6 Å². The van der Waals surface area contributed by atoms with Gasteiger partial charge in [-0.15, -0.1) is 0 Å². The normalized spacial score (nSPS) is 23.6. The number of rotatable bonds is 5. The number of nitrogens with one attached hydrogen (secondary N) is 1. The summed E-state index contributed by atoms with van der Waals surface area (Å²) < 4.78 is 31.3. The number of alkyl halides is 1. The van der Waals surface area contributed by atoms with Gasteiger partial charge in [0, 0.05) is 13.1 Å². The molecule has 1 aliphatic heterocycles. The van der Waals surface area contributed by atoms with Gasteiger partial charge < -0.3 is 14.2 Å². The van der Waals surface area contributed by atoms with Crippen LogP contribution in [0.25, 0.3) is 0 Å². The van der Waals surface area contributed by atoms with Gasteiger partial charge in [0.25, 0.3) is 5.56 Å². The summed E-state index contributed by atoms with van der Waals surface area (Å²) in [6.45, 7) is 0.643. The lowest BCUT2D eigenvalue weighted by atomic mass is 10.1. The molecule has 1 saturated heterocycles. The summed E-state index contributed by atoms with van der Waals surface area (Å²) in [5, 5.41) is -0.358. The molecule has 3 rings (SSSR count). The van der Waals surface area contributed by atoms with Gasteiger partial charge in [-0.05, 0) is 12.1 Å². The third kappa shape index (κ3) is 4.54. The average Bonchev–Trinajstić information content (AvgIpc) is 2.98. The largest absolute Gasteiger partial charge is 0.459 e. The van der Waals surface area contributed by atoms with Crippen LogP contribution in [0, 0.1) is 0 Å². The van der Waals surface area contributed by atoms with Crippen LogP contribution in [-0.2, 0) is 19.0 Å². The van der Waals surface area contributed by atoms with Crippen LogP contribution in [0.1, 0.15) is 23.5 Å². The Balaban J connectivity index is 1.81. The van der Waals surface area contributed by atoms with Gasteiger partial charge in [-0.25, -0.2) is 14.0 Å². The zero-order valence-electron chi connectivity index (χ0n) is 15.0. The summed E-state index contributed by atoms with van der Waals surface area (Å²) in [4.78, 5) is 48.8.